The maximum Gasteiger partial charge on any atom is 0.129 e. The number of nitrogens with one attached hydrogen (secondary N) is 1. The Kier molecular flexibility index (Phi) is 3.33. The Labute approximate surface area is 136 Å². The first-order valence-corrected chi connectivity index (χ1v) is 8.36. The van der Waals surface area contributed by atoms with Crippen molar-refractivity contribution < 1.29 is 0 Å². The molecule has 1 aliphatic heterocycles. The molecular formula is C18H21N5. The fraction of sp³-hybridized carbons (Fsp3) is 0.500. The highest BCUT2D eigenvalue weighted by molar-refractivity contribution is 5.51. The highest BCUT2D eigenvalue weighted by Gasteiger charge is 2.31. The largest absolute Gasteiger partial charge is 0.356 e. The summed E-state index contributed by atoms with van der Waals surface area (Å²) in [6.07, 6.45) is 4.58. The molecule has 0 amide bonds. The van der Waals surface area contributed by atoms with Crippen molar-refractivity contribution in [2.45, 2.75) is 45.4 Å². The van der Waals surface area contributed by atoms with Crippen molar-refractivity contribution in [3.63, 3.8) is 0 Å². The quantitative estimate of drug-likeness (QED) is 0.926. The van der Waals surface area contributed by atoms with Gasteiger partial charge in [0.25, 0.3) is 0 Å². The molecule has 0 aromatic carbocycles. The second-order valence-corrected chi connectivity index (χ2v) is 6.70. The van der Waals surface area contributed by atoms with Gasteiger partial charge in [-0.2, -0.15) is 10.4 Å². The fourth-order valence-electron chi connectivity index (χ4n) is 3.57. The summed E-state index contributed by atoms with van der Waals surface area (Å²) in [5.74, 6) is 1.68. The van der Waals surface area contributed by atoms with E-state index in [4.69, 9.17) is 0 Å². The molecule has 0 spiro atoms. The van der Waals surface area contributed by atoms with E-state index in [1.54, 1.807) is 0 Å². The van der Waals surface area contributed by atoms with Gasteiger partial charge in [-0.05, 0) is 50.3 Å². The zero-order valence-corrected chi connectivity index (χ0v) is 13.7. The Morgan fingerprint density at radius 1 is 1.26 bits per heavy atom. The highest BCUT2D eigenvalue weighted by Crippen LogP contribution is 2.41. The van der Waals surface area contributed by atoms with Crippen LogP contribution >= 0.6 is 0 Å². The van der Waals surface area contributed by atoms with Gasteiger partial charge in [0.05, 0.1) is 17.0 Å². The summed E-state index contributed by atoms with van der Waals surface area (Å²) in [4.78, 5) is 7.00. The van der Waals surface area contributed by atoms with Gasteiger partial charge in [-0.15, -0.1) is 0 Å². The number of nitriles is 1. The predicted molar refractivity (Wildman–Crippen MR) is 88.6 cm³/mol. The smallest absolute Gasteiger partial charge is 0.129 e. The minimum absolute atomic E-state index is 0.694. The van der Waals surface area contributed by atoms with Crippen LogP contribution in [0.2, 0.25) is 0 Å². The number of hydrogen-bond acceptors (Lipinski definition) is 4. The molecule has 0 bridgehead atoms. The van der Waals surface area contributed by atoms with Gasteiger partial charge in [0, 0.05) is 31.1 Å². The molecule has 0 unspecified atom stereocenters. The number of hydrogen-bond donors (Lipinski definition) is 1. The molecule has 1 N–H and O–H groups in total. The Morgan fingerprint density at radius 2 is 2.04 bits per heavy atom. The number of fused-ring (bicyclic) bond motifs is 1. The van der Waals surface area contributed by atoms with Crippen molar-refractivity contribution in [3.8, 4) is 6.07 Å². The molecule has 1 saturated carbocycles. The zero-order valence-electron chi connectivity index (χ0n) is 13.7. The summed E-state index contributed by atoms with van der Waals surface area (Å²) in [6, 6.07) is 4.30. The topological polar surface area (TPSA) is 68.6 Å². The van der Waals surface area contributed by atoms with Gasteiger partial charge in [0.2, 0.25) is 0 Å². The van der Waals surface area contributed by atoms with E-state index in [2.05, 4.69) is 26.2 Å². The van der Waals surface area contributed by atoms with Gasteiger partial charge in [-0.3, -0.25) is 5.10 Å². The number of aromatic nitrogens is 3. The zero-order chi connectivity index (χ0) is 16.0. The summed E-state index contributed by atoms with van der Waals surface area (Å²) in [7, 11) is 0. The Bertz CT molecular complexity index is 771. The van der Waals surface area contributed by atoms with Crippen molar-refractivity contribution in [1.29, 1.82) is 5.26 Å². The van der Waals surface area contributed by atoms with Crippen LogP contribution in [-0.2, 0) is 12.8 Å². The molecule has 1 fully saturated rings. The van der Waals surface area contributed by atoms with Crippen molar-refractivity contribution in [3.05, 3.63) is 39.8 Å². The number of H-pyrrole nitrogens is 1. The Morgan fingerprint density at radius 3 is 2.74 bits per heavy atom. The standard InChI is InChI=1S/C18H21N5/c1-11-9-17(20-12(2)15(11)10-19)23-7-5-14-16(6-8-23)21-22-18(14)13-3-4-13/h9,13H,3-8H2,1-2H3,(H,21,22). The van der Waals surface area contributed by atoms with Gasteiger partial charge < -0.3 is 4.90 Å². The van der Waals surface area contributed by atoms with Gasteiger partial charge in [-0.1, -0.05) is 0 Å². The molecule has 2 aliphatic rings. The fourth-order valence-corrected chi connectivity index (χ4v) is 3.57. The maximum absolute atomic E-state index is 9.21. The van der Waals surface area contributed by atoms with E-state index in [-0.39, 0.29) is 0 Å². The average Bonchev–Trinajstić information content (AvgIpc) is 3.32. The van der Waals surface area contributed by atoms with E-state index in [0.29, 0.717) is 11.5 Å². The van der Waals surface area contributed by atoms with Crippen LogP contribution in [0.5, 0.6) is 0 Å². The molecule has 0 radical (unpaired) electrons. The maximum atomic E-state index is 9.21. The SMILES string of the molecule is Cc1cc(N2CCc3[nH]nc(C4CC4)c3CC2)nc(C)c1C#N. The molecule has 0 saturated heterocycles. The Hall–Kier alpha value is -2.35. The second-order valence-electron chi connectivity index (χ2n) is 6.70. The van der Waals surface area contributed by atoms with E-state index in [1.165, 1.54) is 29.8 Å². The molecular weight excluding hydrogens is 286 g/mol. The lowest BCUT2D eigenvalue weighted by molar-refractivity contribution is 0.769. The average molecular weight is 307 g/mol. The number of pyridine rings is 1. The molecule has 2 aromatic heterocycles. The van der Waals surface area contributed by atoms with Crippen molar-refractivity contribution >= 4 is 5.82 Å². The number of nitrogens with zero attached hydrogens (tertiary/aromatic N) is 4. The highest BCUT2D eigenvalue weighted by atomic mass is 15.2. The number of aromatic amines is 1. The number of anilines is 1. The summed E-state index contributed by atoms with van der Waals surface area (Å²) in [5, 5.41) is 17.0. The third kappa shape index (κ3) is 2.48. The normalized spacial score (nSPS) is 17.5. The minimum atomic E-state index is 0.694. The van der Waals surface area contributed by atoms with Crippen LogP contribution in [-0.4, -0.2) is 28.3 Å². The molecule has 4 rings (SSSR count). The predicted octanol–water partition coefficient (Wildman–Crippen LogP) is 2.78. The second kappa shape index (κ2) is 5.38. The van der Waals surface area contributed by atoms with Crippen LogP contribution in [0.4, 0.5) is 5.82 Å². The lowest BCUT2D eigenvalue weighted by Gasteiger charge is -2.22. The molecule has 23 heavy (non-hydrogen) atoms. The van der Waals surface area contributed by atoms with Crippen LogP contribution in [0.1, 0.15) is 52.5 Å². The monoisotopic (exact) mass is 307 g/mol. The summed E-state index contributed by atoms with van der Waals surface area (Å²) >= 11 is 0. The first-order chi connectivity index (χ1) is 11.2. The third-order valence-corrected chi connectivity index (χ3v) is 5.03. The van der Waals surface area contributed by atoms with Crippen molar-refractivity contribution in [2.75, 3.05) is 18.0 Å². The van der Waals surface area contributed by atoms with Crippen LogP contribution < -0.4 is 4.90 Å². The first-order valence-electron chi connectivity index (χ1n) is 8.36. The van der Waals surface area contributed by atoms with E-state index in [0.717, 1.165) is 43.0 Å². The number of rotatable bonds is 2. The first kappa shape index (κ1) is 14.3. The summed E-state index contributed by atoms with van der Waals surface area (Å²) in [6.45, 7) is 5.82. The van der Waals surface area contributed by atoms with Crippen LogP contribution in [0.25, 0.3) is 0 Å². The van der Waals surface area contributed by atoms with Gasteiger partial charge >= 0.3 is 0 Å². The lowest BCUT2D eigenvalue weighted by atomic mass is 10.1. The molecule has 0 atom stereocenters. The van der Waals surface area contributed by atoms with E-state index >= 15 is 0 Å². The summed E-state index contributed by atoms with van der Waals surface area (Å²) < 4.78 is 0. The number of aryl methyl sites for hydroxylation is 2. The van der Waals surface area contributed by atoms with Crippen LogP contribution in [0.3, 0.4) is 0 Å². The van der Waals surface area contributed by atoms with E-state index in [9.17, 15) is 5.26 Å². The van der Waals surface area contributed by atoms with Crippen LogP contribution in [0.15, 0.2) is 6.07 Å². The van der Waals surface area contributed by atoms with Gasteiger partial charge in [0.1, 0.15) is 11.9 Å². The molecule has 5 nitrogen and oxygen atoms in total. The van der Waals surface area contributed by atoms with Gasteiger partial charge in [0.15, 0.2) is 0 Å². The molecule has 118 valence electrons. The third-order valence-electron chi connectivity index (χ3n) is 5.03. The van der Waals surface area contributed by atoms with Crippen molar-refractivity contribution in [1.82, 2.24) is 15.2 Å². The Balaban J connectivity index is 1.60. The van der Waals surface area contributed by atoms with Gasteiger partial charge in [-0.25, -0.2) is 4.98 Å². The molecule has 1 aliphatic carbocycles. The van der Waals surface area contributed by atoms with Crippen LogP contribution in [0, 0.1) is 25.2 Å². The lowest BCUT2D eigenvalue weighted by Crippen LogP contribution is -2.27. The summed E-state index contributed by atoms with van der Waals surface area (Å²) in [5.41, 5.74) is 6.59. The van der Waals surface area contributed by atoms with Crippen molar-refractivity contribution in [2.24, 2.45) is 0 Å². The molecule has 3 heterocycles. The molecule has 2 aromatic rings. The van der Waals surface area contributed by atoms with E-state index < -0.39 is 0 Å². The minimum Gasteiger partial charge on any atom is -0.356 e. The van der Waals surface area contributed by atoms with E-state index in [1.807, 2.05) is 19.9 Å². The molecule has 5 heteroatoms.